The van der Waals surface area contributed by atoms with Crippen LogP contribution in [-0.2, 0) is 4.74 Å². The van der Waals surface area contributed by atoms with E-state index in [0.717, 1.165) is 0 Å². The van der Waals surface area contributed by atoms with Crippen LogP contribution >= 0.6 is 0 Å². The number of carbonyl (C=O) groups excluding carboxylic acids is 1. The summed E-state index contributed by atoms with van der Waals surface area (Å²) in [6.07, 6.45) is -0.0123. The monoisotopic (exact) mass is 201 g/mol. The second-order valence-corrected chi connectivity index (χ2v) is 3.78. The van der Waals surface area contributed by atoms with Gasteiger partial charge in [-0.25, -0.2) is 4.79 Å². The van der Waals surface area contributed by atoms with Crippen molar-refractivity contribution < 1.29 is 9.53 Å². The predicted molar refractivity (Wildman–Crippen MR) is 54.0 cm³/mol. The van der Waals surface area contributed by atoms with Crippen LogP contribution in [0.1, 0.15) is 13.8 Å². The third kappa shape index (κ3) is 3.16. The molecule has 1 unspecified atom stereocenters. The first-order valence-electron chi connectivity index (χ1n) is 5.00. The minimum atomic E-state index is -0.0262. The lowest BCUT2D eigenvalue weighted by atomic mass is 10.3. The standard InChI is InChI=1S/C9H19N3O2/c1-7(2)11-9(13)12-3-4-14-8(5-10)6-12/h7-8H,3-6,10H2,1-2H3,(H,11,13). The van der Waals surface area contributed by atoms with Gasteiger partial charge < -0.3 is 20.7 Å². The van der Waals surface area contributed by atoms with E-state index in [1.807, 2.05) is 13.8 Å². The smallest absolute Gasteiger partial charge is 0.317 e. The number of hydrogen-bond acceptors (Lipinski definition) is 3. The minimum Gasteiger partial charge on any atom is -0.373 e. The van der Waals surface area contributed by atoms with Crippen molar-refractivity contribution in [3.8, 4) is 0 Å². The van der Waals surface area contributed by atoms with Gasteiger partial charge in [-0.15, -0.1) is 0 Å². The molecular formula is C9H19N3O2. The molecule has 0 bridgehead atoms. The number of amides is 2. The number of carbonyl (C=O) groups is 1. The molecule has 1 heterocycles. The fourth-order valence-electron chi connectivity index (χ4n) is 1.38. The average molecular weight is 201 g/mol. The highest BCUT2D eigenvalue weighted by atomic mass is 16.5. The van der Waals surface area contributed by atoms with E-state index in [9.17, 15) is 4.79 Å². The van der Waals surface area contributed by atoms with E-state index in [-0.39, 0.29) is 18.2 Å². The Morgan fingerprint density at radius 2 is 2.43 bits per heavy atom. The number of nitrogens with one attached hydrogen (secondary N) is 1. The van der Waals surface area contributed by atoms with Crippen molar-refractivity contribution in [2.24, 2.45) is 5.73 Å². The van der Waals surface area contributed by atoms with Crippen LogP contribution in [0.4, 0.5) is 4.79 Å². The number of urea groups is 1. The van der Waals surface area contributed by atoms with E-state index < -0.39 is 0 Å². The fraction of sp³-hybridized carbons (Fsp3) is 0.889. The van der Waals surface area contributed by atoms with Gasteiger partial charge in [0.2, 0.25) is 0 Å². The molecule has 3 N–H and O–H groups in total. The van der Waals surface area contributed by atoms with Crippen molar-refractivity contribution in [2.45, 2.75) is 26.0 Å². The van der Waals surface area contributed by atoms with Crippen LogP contribution < -0.4 is 11.1 Å². The van der Waals surface area contributed by atoms with Crippen molar-refractivity contribution in [1.29, 1.82) is 0 Å². The molecule has 1 rings (SSSR count). The molecule has 1 aliphatic heterocycles. The summed E-state index contributed by atoms with van der Waals surface area (Å²) in [6.45, 7) is 6.17. The van der Waals surface area contributed by atoms with Crippen molar-refractivity contribution in [3.63, 3.8) is 0 Å². The maximum atomic E-state index is 11.6. The quantitative estimate of drug-likeness (QED) is 0.648. The summed E-state index contributed by atoms with van der Waals surface area (Å²) >= 11 is 0. The normalized spacial score (nSPS) is 22.6. The van der Waals surface area contributed by atoms with Gasteiger partial charge in [-0.2, -0.15) is 0 Å². The fourth-order valence-corrected chi connectivity index (χ4v) is 1.38. The third-order valence-electron chi connectivity index (χ3n) is 2.10. The Kier molecular flexibility index (Phi) is 4.16. The van der Waals surface area contributed by atoms with Gasteiger partial charge in [-0.1, -0.05) is 0 Å². The molecule has 0 spiro atoms. The first kappa shape index (κ1) is 11.3. The lowest BCUT2D eigenvalue weighted by Crippen LogP contribution is -2.52. The zero-order valence-electron chi connectivity index (χ0n) is 8.82. The van der Waals surface area contributed by atoms with E-state index in [0.29, 0.717) is 26.2 Å². The number of rotatable bonds is 2. The average Bonchev–Trinajstić information content (AvgIpc) is 2.17. The van der Waals surface area contributed by atoms with Crippen LogP contribution in [0.5, 0.6) is 0 Å². The van der Waals surface area contributed by atoms with E-state index in [1.54, 1.807) is 4.90 Å². The van der Waals surface area contributed by atoms with Crippen LogP contribution in [0.2, 0.25) is 0 Å². The maximum absolute atomic E-state index is 11.6. The Morgan fingerprint density at radius 3 is 3.00 bits per heavy atom. The van der Waals surface area contributed by atoms with Crippen LogP contribution in [-0.4, -0.2) is 49.3 Å². The first-order chi connectivity index (χ1) is 6.63. The van der Waals surface area contributed by atoms with Crippen LogP contribution in [0, 0.1) is 0 Å². The Balaban J connectivity index is 2.39. The predicted octanol–water partition coefficient (Wildman–Crippen LogP) is -0.236. The minimum absolute atomic E-state index is 0.0123. The Morgan fingerprint density at radius 1 is 1.71 bits per heavy atom. The van der Waals surface area contributed by atoms with Crippen LogP contribution in [0.3, 0.4) is 0 Å². The highest BCUT2D eigenvalue weighted by Gasteiger charge is 2.23. The summed E-state index contributed by atoms with van der Waals surface area (Å²) in [5.41, 5.74) is 5.48. The molecule has 5 nitrogen and oxygen atoms in total. The topological polar surface area (TPSA) is 67.6 Å². The number of ether oxygens (including phenoxy) is 1. The van der Waals surface area contributed by atoms with Crippen molar-refractivity contribution in [1.82, 2.24) is 10.2 Å². The maximum Gasteiger partial charge on any atom is 0.317 e. The second kappa shape index (κ2) is 5.17. The summed E-state index contributed by atoms with van der Waals surface area (Å²) in [5, 5.41) is 2.85. The molecule has 1 atom stereocenters. The molecule has 0 saturated carbocycles. The van der Waals surface area contributed by atoms with Crippen molar-refractivity contribution in [3.05, 3.63) is 0 Å². The molecule has 1 aliphatic rings. The summed E-state index contributed by atoms with van der Waals surface area (Å²) in [5.74, 6) is 0. The van der Waals surface area contributed by atoms with E-state index >= 15 is 0 Å². The van der Waals surface area contributed by atoms with Crippen molar-refractivity contribution >= 4 is 6.03 Å². The molecule has 0 aromatic heterocycles. The van der Waals surface area contributed by atoms with Gasteiger partial charge in [0.1, 0.15) is 0 Å². The molecule has 1 saturated heterocycles. The summed E-state index contributed by atoms with van der Waals surface area (Å²) in [7, 11) is 0. The molecule has 5 heteroatoms. The molecule has 14 heavy (non-hydrogen) atoms. The number of nitrogens with two attached hydrogens (primary N) is 1. The van der Waals surface area contributed by atoms with Gasteiger partial charge in [0, 0.05) is 25.7 Å². The Hall–Kier alpha value is -0.810. The van der Waals surface area contributed by atoms with Gasteiger partial charge in [0.15, 0.2) is 0 Å². The zero-order valence-corrected chi connectivity index (χ0v) is 8.82. The summed E-state index contributed by atoms with van der Waals surface area (Å²) < 4.78 is 5.37. The number of hydrogen-bond donors (Lipinski definition) is 2. The van der Waals surface area contributed by atoms with Gasteiger partial charge in [-0.05, 0) is 13.8 Å². The Labute approximate surface area is 84.6 Å². The lowest BCUT2D eigenvalue weighted by molar-refractivity contribution is -0.00883. The van der Waals surface area contributed by atoms with Crippen molar-refractivity contribution in [2.75, 3.05) is 26.2 Å². The highest BCUT2D eigenvalue weighted by Crippen LogP contribution is 2.04. The third-order valence-corrected chi connectivity index (χ3v) is 2.10. The molecule has 0 aliphatic carbocycles. The zero-order chi connectivity index (χ0) is 10.6. The molecule has 2 amide bonds. The van der Waals surface area contributed by atoms with E-state index in [2.05, 4.69) is 5.32 Å². The highest BCUT2D eigenvalue weighted by molar-refractivity contribution is 5.74. The second-order valence-electron chi connectivity index (χ2n) is 3.78. The molecule has 0 radical (unpaired) electrons. The van der Waals surface area contributed by atoms with E-state index in [1.165, 1.54) is 0 Å². The lowest BCUT2D eigenvalue weighted by Gasteiger charge is -2.32. The van der Waals surface area contributed by atoms with Gasteiger partial charge in [0.25, 0.3) is 0 Å². The van der Waals surface area contributed by atoms with Gasteiger partial charge in [-0.3, -0.25) is 0 Å². The van der Waals surface area contributed by atoms with E-state index in [4.69, 9.17) is 10.5 Å². The largest absolute Gasteiger partial charge is 0.373 e. The van der Waals surface area contributed by atoms with Crippen LogP contribution in [0.15, 0.2) is 0 Å². The molecular weight excluding hydrogens is 182 g/mol. The molecule has 0 aromatic rings. The summed E-state index contributed by atoms with van der Waals surface area (Å²) in [4.78, 5) is 13.3. The number of nitrogens with zero attached hydrogens (tertiary/aromatic N) is 1. The summed E-state index contributed by atoms with van der Waals surface area (Å²) in [6, 6.07) is 0.142. The first-order valence-corrected chi connectivity index (χ1v) is 5.00. The molecule has 82 valence electrons. The Bertz CT molecular complexity index is 196. The molecule has 1 fully saturated rings. The number of morpholine rings is 1. The molecule has 0 aromatic carbocycles. The van der Waals surface area contributed by atoms with Crippen LogP contribution in [0.25, 0.3) is 0 Å². The van der Waals surface area contributed by atoms with Gasteiger partial charge >= 0.3 is 6.03 Å². The SMILES string of the molecule is CC(C)NC(=O)N1CCOC(CN)C1. The van der Waals surface area contributed by atoms with Gasteiger partial charge in [0.05, 0.1) is 12.7 Å².